The number of aliphatic imine (C=N–C) groups is 1. The van der Waals surface area contributed by atoms with E-state index in [2.05, 4.69) is 60.6 Å². The fourth-order valence-corrected chi connectivity index (χ4v) is 4.08. The van der Waals surface area contributed by atoms with Gasteiger partial charge < -0.3 is 20.8 Å². The van der Waals surface area contributed by atoms with Crippen molar-refractivity contribution in [3.63, 3.8) is 0 Å². The molecule has 6 nitrogen and oxygen atoms in total. The number of aliphatic hydroxyl groups excluding tert-OH is 1. The van der Waals surface area contributed by atoms with Crippen molar-refractivity contribution in [3.8, 4) is 0 Å². The number of guanidine groups is 1. The zero-order valence-corrected chi connectivity index (χ0v) is 21.9. The predicted octanol–water partition coefficient (Wildman–Crippen LogP) is 3.65. The van der Waals surface area contributed by atoms with E-state index >= 15 is 0 Å². The highest BCUT2D eigenvalue weighted by Crippen LogP contribution is 2.18. The summed E-state index contributed by atoms with van der Waals surface area (Å²) >= 11 is 0. The Labute approximate surface area is 205 Å². The molecule has 2 rings (SSSR count). The van der Waals surface area contributed by atoms with Crippen molar-refractivity contribution >= 4 is 29.9 Å². The summed E-state index contributed by atoms with van der Waals surface area (Å²) in [6.07, 6.45) is 5.15. The number of hydrogen-bond acceptors (Lipinski definition) is 4. The van der Waals surface area contributed by atoms with E-state index in [-0.39, 0.29) is 30.1 Å². The Balaban J connectivity index is 0.00000480. The van der Waals surface area contributed by atoms with Gasteiger partial charge >= 0.3 is 0 Å². The Hall–Kier alpha value is -0.900. The maximum absolute atomic E-state index is 10.8. The Morgan fingerprint density at radius 2 is 1.61 bits per heavy atom. The molecule has 31 heavy (non-hydrogen) atoms. The number of piperidine rings is 1. The highest BCUT2D eigenvalue weighted by Gasteiger charge is 2.25. The van der Waals surface area contributed by atoms with Gasteiger partial charge in [-0.3, -0.25) is 4.90 Å². The van der Waals surface area contributed by atoms with Crippen LogP contribution in [0.25, 0.3) is 0 Å². The normalized spacial score (nSPS) is 16.1. The van der Waals surface area contributed by atoms with Gasteiger partial charge in [0.25, 0.3) is 0 Å². The average Bonchev–Trinajstić information content (AvgIpc) is 2.73. The summed E-state index contributed by atoms with van der Waals surface area (Å²) in [6, 6.07) is 8.65. The fourth-order valence-electron chi connectivity index (χ4n) is 4.08. The zero-order valence-electron chi connectivity index (χ0n) is 19.6. The lowest BCUT2D eigenvalue weighted by atomic mass is 9.93. The van der Waals surface area contributed by atoms with Crippen LogP contribution in [0.4, 0.5) is 0 Å². The first-order valence-electron chi connectivity index (χ1n) is 11.7. The Bertz CT molecular complexity index is 625. The van der Waals surface area contributed by atoms with Crippen LogP contribution < -0.4 is 10.6 Å². The highest BCUT2D eigenvalue weighted by molar-refractivity contribution is 14.0. The molecule has 1 aromatic rings. The molecule has 0 atom stereocenters. The summed E-state index contributed by atoms with van der Waals surface area (Å²) in [5, 5.41) is 27.1. The standard InChI is InChI=1S/C24H42N4O2.HI/c1-4-13-24(30,14-5-2)19-27-23(25-6-3)26-17-20-7-9-21(10-8-20)18-28-15-11-22(29)12-16-28;/h7-10,22,29-30H,4-6,11-19H2,1-3H3,(H2,25,26,27);1H. The van der Waals surface area contributed by atoms with E-state index in [0.29, 0.717) is 13.1 Å². The molecular weight excluding hydrogens is 503 g/mol. The van der Waals surface area contributed by atoms with E-state index in [0.717, 1.165) is 70.7 Å². The summed E-state index contributed by atoms with van der Waals surface area (Å²) in [4.78, 5) is 7.11. The average molecular weight is 547 g/mol. The number of nitrogens with zero attached hydrogens (tertiary/aromatic N) is 2. The summed E-state index contributed by atoms with van der Waals surface area (Å²) in [5.74, 6) is 0.749. The van der Waals surface area contributed by atoms with Crippen molar-refractivity contribution in [2.24, 2.45) is 4.99 Å². The van der Waals surface area contributed by atoms with Gasteiger partial charge in [0.05, 0.1) is 18.2 Å². The molecule has 1 saturated heterocycles. The Morgan fingerprint density at radius 1 is 1.03 bits per heavy atom. The minimum Gasteiger partial charge on any atom is -0.393 e. The second kappa shape index (κ2) is 15.0. The molecule has 7 heteroatoms. The summed E-state index contributed by atoms with van der Waals surface area (Å²) in [7, 11) is 0. The first-order valence-corrected chi connectivity index (χ1v) is 11.7. The molecule has 1 aliphatic rings. The van der Waals surface area contributed by atoms with Crippen molar-refractivity contribution in [1.29, 1.82) is 0 Å². The fraction of sp³-hybridized carbons (Fsp3) is 0.708. The first kappa shape index (κ1) is 28.1. The van der Waals surface area contributed by atoms with Crippen LogP contribution >= 0.6 is 24.0 Å². The van der Waals surface area contributed by atoms with Crippen LogP contribution in [0, 0.1) is 0 Å². The predicted molar refractivity (Wildman–Crippen MR) is 140 cm³/mol. The lowest BCUT2D eigenvalue weighted by Crippen LogP contribution is -2.47. The minimum absolute atomic E-state index is 0. The van der Waals surface area contributed by atoms with E-state index in [1.165, 1.54) is 11.1 Å². The maximum atomic E-state index is 10.8. The van der Waals surface area contributed by atoms with Gasteiger partial charge in [-0.25, -0.2) is 4.99 Å². The summed E-state index contributed by atoms with van der Waals surface area (Å²) in [6.45, 7) is 11.0. The third-order valence-electron chi connectivity index (χ3n) is 5.77. The van der Waals surface area contributed by atoms with Crippen LogP contribution in [-0.2, 0) is 13.1 Å². The van der Waals surface area contributed by atoms with Crippen molar-refractivity contribution in [2.45, 2.75) is 84.1 Å². The number of aliphatic hydroxyl groups is 2. The molecule has 1 aliphatic heterocycles. The van der Waals surface area contributed by atoms with Crippen LogP contribution in [0.1, 0.15) is 70.4 Å². The highest BCUT2D eigenvalue weighted by atomic mass is 127. The molecule has 0 radical (unpaired) electrons. The molecule has 0 bridgehead atoms. The van der Waals surface area contributed by atoms with Crippen molar-refractivity contribution in [2.75, 3.05) is 26.2 Å². The van der Waals surface area contributed by atoms with Gasteiger partial charge in [0.15, 0.2) is 5.96 Å². The van der Waals surface area contributed by atoms with E-state index < -0.39 is 5.60 Å². The molecule has 0 aliphatic carbocycles. The van der Waals surface area contributed by atoms with Gasteiger partial charge in [-0.15, -0.1) is 24.0 Å². The van der Waals surface area contributed by atoms with Gasteiger partial charge in [-0.2, -0.15) is 0 Å². The molecule has 0 aromatic heterocycles. The number of rotatable bonds is 11. The number of benzene rings is 1. The summed E-state index contributed by atoms with van der Waals surface area (Å²) in [5.41, 5.74) is 1.79. The van der Waals surface area contributed by atoms with Crippen LogP contribution in [0.2, 0.25) is 0 Å². The van der Waals surface area contributed by atoms with Gasteiger partial charge in [0.2, 0.25) is 0 Å². The second-order valence-electron chi connectivity index (χ2n) is 8.60. The number of halogens is 1. The number of hydrogen-bond donors (Lipinski definition) is 4. The lowest BCUT2D eigenvalue weighted by Gasteiger charge is -2.29. The van der Waals surface area contributed by atoms with Crippen molar-refractivity contribution < 1.29 is 10.2 Å². The Morgan fingerprint density at radius 3 is 2.16 bits per heavy atom. The van der Waals surface area contributed by atoms with E-state index in [9.17, 15) is 10.2 Å². The van der Waals surface area contributed by atoms with Gasteiger partial charge in [-0.05, 0) is 43.7 Å². The SMILES string of the molecule is CCCC(O)(CCC)CNC(=NCc1ccc(CN2CCC(O)CC2)cc1)NCC.I. The minimum atomic E-state index is -0.675. The van der Waals surface area contributed by atoms with Gasteiger partial charge in [-0.1, -0.05) is 51.0 Å². The third kappa shape index (κ3) is 10.5. The third-order valence-corrected chi connectivity index (χ3v) is 5.77. The second-order valence-corrected chi connectivity index (χ2v) is 8.60. The molecular formula is C24H43IN4O2. The van der Waals surface area contributed by atoms with E-state index in [4.69, 9.17) is 4.99 Å². The lowest BCUT2D eigenvalue weighted by molar-refractivity contribution is 0.0257. The molecule has 1 aromatic carbocycles. The number of likely N-dealkylation sites (tertiary alicyclic amines) is 1. The molecule has 0 unspecified atom stereocenters. The molecule has 1 fully saturated rings. The van der Waals surface area contributed by atoms with Crippen LogP contribution in [0.5, 0.6) is 0 Å². The molecule has 0 amide bonds. The van der Waals surface area contributed by atoms with Gasteiger partial charge in [0.1, 0.15) is 0 Å². The molecule has 0 spiro atoms. The first-order chi connectivity index (χ1) is 14.5. The quantitative estimate of drug-likeness (QED) is 0.194. The zero-order chi connectivity index (χ0) is 21.8. The van der Waals surface area contributed by atoms with Crippen molar-refractivity contribution in [1.82, 2.24) is 15.5 Å². The van der Waals surface area contributed by atoms with Gasteiger partial charge in [0, 0.05) is 32.7 Å². The van der Waals surface area contributed by atoms with E-state index in [1.54, 1.807) is 0 Å². The Kier molecular flexibility index (Phi) is 13.6. The molecule has 1 heterocycles. The molecule has 4 N–H and O–H groups in total. The van der Waals surface area contributed by atoms with Crippen LogP contribution in [0.15, 0.2) is 29.3 Å². The topological polar surface area (TPSA) is 80.1 Å². The maximum Gasteiger partial charge on any atom is 0.191 e. The smallest absolute Gasteiger partial charge is 0.191 e. The van der Waals surface area contributed by atoms with E-state index in [1.807, 2.05) is 0 Å². The van der Waals surface area contributed by atoms with Crippen LogP contribution in [0.3, 0.4) is 0 Å². The summed E-state index contributed by atoms with van der Waals surface area (Å²) < 4.78 is 0. The number of nitrogens with one attached hydrogen (secondary N) is 2. The molecule has 0 saturated carbocycles. The monoisotopic (exact) mass is 546 g/mol. The largest absolute Gasteiger partial charge is 0.393 e. The molecule has 178 valence electrons. The van der Waals surface area contributed by atoms with Crippen LogP contribution in [-0.4, -0.2) is 59.0 Å². The van der Waals surface area contributed by atoms with Crippen molar-refractivity contribution in [3.05, 3.63) is 35.4 Å².